The van der Waals surface area contributed by atoms with Crippen LogP contribution in [0.25, 0.3) is 0 Å². The van der Waals surface area contributed by atoms with E-state index in [1.807, 2.05) is 6.92 Å². The van der Waals surface area contributed by atoms with Gasteiger partial charge in [-0.15, -0.1) is 11.3 Å². The highest BCUT2D eigenvalue weighted by Crippen LogP contribution is 2.42. The summed E-state index contributed by atoms with van der Waals surface area (Å²) in [6.45, 7) is 4.10. The Hall–Kier alpha value is -0.450. The van der Waals surface area contributed by atoms with Crippen molar-refractivity contribution in [2.24, 2.45) is 11.8 Å². The van der Waals surface area contributed by atoms with Gasteiger partial charge in [-0.25, -0.2) is 4.98 Å². The van der Waals surface area contributed by atoms with Crippen molar-refractivity contribution in [3.8, 4) is 0 Å². The van der Waals surface area contributed by atoms with Crippen molar-refractivity contribution < 1.29 is 0 Å². The summed E-state index contributed by atoms with van der Waals surface area (Å²) in [5.41, 5.74) is 4.04. The molecule has 1 heterocycles. The van der Waals surface area contributed by atoms with E-state index in [-0.39, 0.29) is 0 Å². The molecule has 0 saturated heterocycles. The third kappa shape index (κ3) is 1.75. The van der Waals surface area contributed by atoms with Crippen molar-refractivity contribution in [3.63, 3.8) is 0 Å². The molecule has 0 amide bonds. The van der Waals surface area contributed by atoms with E-state index in [9.17, 15) is 0 Å². The van der Waals surface area contributed by atoms with Gasteiger partial charge in [0.1, 0.15) is 0 Å². The van der Waals surface area contributed by atoms with Gasteiger partial charge in [0.05, 0.1) is 16.7 Å². The second-order valence-electron chi connectivity index (χ2n) is 3.66. The molecule has 1 aliphatic carbocycles. The summed E-state index contributed by atoms with van der Waals surface area (Å²) in [6.07, 6.45) is 2.59. The van der Waals surface area contributed by atoms with Gasteiger partial charge in [0, 0.05) is 4.88 Å². The molecule has 1 aromatic rings. The molecule has 1 atom stereocenters. The fourth-order valence-corrected chi connectivity index (χ4v) is 2.77. The molecule has 3 N–H and O–H groups in total. The molecule has 3 nitrogen and oxygen atoms in total. The summed E-state index contributed by atoms with van der Waals surface area (Å²) in [5, 5.41) is 1.13. The monoisotopic (exact) mass is 197 g/mol. The van der Waals surface area contributed by atoms with Crippen LogP contribution in [-0.2, 0) is 0 Å². The molecule has 0 aromatic carbocycles. The minimum absolute atomic E-state index is 0.339. The van der Waals surface area contributed by atoms with Gasteiger partial charge in [-0.3, -0.25) is 11.3 Å². The normalized spacial score (nSPS) is 19.0. The van der Waals surface area contributed by atoms with Gasteiger partial charge < -0.3 is 0 Å². The van der Waals surface area contributed by atoms with Gasteiger partial charge in [0.2, 0.25) is 0 Å². The zero-order valence-electron chi connectivity index (χ0n) is 8.00. The Morgan fingerprint density at radius 1 is 1.54 bits per heavy atom. The Bertz CT molecular complexity index is 304. The minimum atomic E-state index is 0.339. The molecule has 13 heavy (non-hydrogen) atoms. The van der Waals surface area contributed by atoms with Crippen molar-refractivity contribution in [3.05, 3.63) is 15.6 Å². The lowest BCUT2D eigenvalue weighted by atomic mass is 10.1. The smallest absolute Gasteiger partial charge is 0.0900 e. The van der Waals surface area contributed by atoms with Crippen LogP contribution < -0.4 is 11.3 Å². The van der Waals surface area contributed by atoms with Crippen LogP contribution in [0.1, 0.15) is 34.5 Å². The Morgan fingerprint density at radius 2 is 2.23 bits per heavy atom. The number of nitrogens with two attached hydrogens (primary N) is 1. The molecule has 2 rings (SSSR count). The van der Waals surface area contributed by atoms with Gasteiger partial charge in [-0.2, -0.15) is 0 Å². The minimum Gasteiger partial charge on any atom is -0.271 e. The Balaban J connectivity index is 2.25. The van der Waals surface area contributed by atoms with Crippen molar-refractivity contribution >= 4 is 11.3 Å². The van der Waals surface area contributed by atoms with E-state index in [1.165, 1.54) is 17.7 Å². The average molecular weight is 197 g/mol. The van der Waals surface area contributed by atoms with Crippen LogP contribution >= 0.6 is 11.3 Å². The summed E-state index contributed by atoms with van der Waals surface area (Å²) in [5.74, 6) is 6.29. The van der Waals surface area contributed by atoms with E-state index in [2.05, 4.69) is 17.3 Å². The summed E-state index contributed by atoms with van der Waals surface area (Å²) in [7, 11) is 0. The fraction of sp³-hybridized carbons (Fsp3) is 0.667. The molecule has 72 valence electrons. The third-order valence-electron chi connectivity index (χ3n) is 2.49. The number of hydrazine groups is 1. The van der Waals surface area contributed by atoms with Crippen molar-refractivity contribution in [1.82, 2.24) is 10.4 Å². The summed E-state index contributed by atoms with van der Waals surface area (Å²) >= 11 is 1.76. The van der Waals surface area contributed by atoms with E-state index in [0.717, 1.165) is 16.6 Å². The lowest BCUT2D eigenvalue weighted by Gasteiger charge is -2.13. The highest BCUT2D eigenvalue weighted by molar-refractivity contribution is 7.11. The van der Waals surface area contributed by atoms with Crippen LogP contribution in [-0.4, -0.2) is 4.98 Å². The highest BCUT2D eigenvalue weighted by atomic mass is 32.1. The predicted octanol–water partition coefficient (Wildman–Crippen LogP) is 1.67. The Kier molecular flexibility index (Phi) is 2.36. The van der Waals surface area contributed by atoms with Crippen LogP contribution in [0.3, 0.4) is 0 Å². The molecule has 0 aliphatic heterocycles. The quantitative estimate of drug-likeness (QED) is 0.572. The van der Waals surface area contributed by atoms with Crippen molar-refractivity contribution in [2.75, 3.05) is 0 Å². The largest absolute Gasteiger partial charge is 0.271 e. The Labute approximate surface area is 82.3 Å². The predicted molar refractivity (Wildman–Crippen MR) is 54.4 cm³/mol. The lowest BCUT2D eigenvalue weighted by Crippen LogP contribution is -2.29. The van der Waals surface area contributed by atoms with Gasteiger partial charge in [0.15, 0.2) is 0 Å². The van der Waals surface area contributed by atoms with Crippen LogP contribution in [0, 0.1) is 19.8 Å². The van der Waals surface area contributed by atoms with Crippen molar-refractivity contribution in [1.29, 1.82) is 0 Å². The first kappa shape index (κ1) is 9.12. The SMILES string of the molecule is Cc1nc(C)c(C(NN)C2CC2)s1. The molecular formula is C9H15N3S. The van der Waals surface area contributed by atoms with Crippen molar-refractivity contribution in [2.45, 2.75) is 32.7 Å². The topological polar surface area (TPSA) is 50.9 Å². The number of thiazole rings is 1. The van der Waals surface area contributed by atoms with E-state index >= 15 is 0 Å². The van der Waals surface area contributed by atoms with E-state index < -0.39 is 0 Å². The highest BCUT2D eigenvalue weighted by Gasteiger charge is 2.33. The maximum absolute atomic E-state index is 5.55. The number of hydrogen-bond acceptors (Lipinski definition) is 4. The molecule has 0 bridgehead atoms. The zero-order valence-corrected chi connectivity index (χ0v) is 8.82. The van der Waals surface area contributed by atoms with E-state index in [1.54, 1.807) is 11.3 Å². The molecule has 0 spiro atoms. The van der Waals surface area contributed by atoms with Gasteiger partial charge in [0.25, 0.3) is 0 Å². The first-order valence-corrected chi connectivity index (χ1v) is 5.44. The second kappa shape index (κ2) is 3.36. The number of nitrogens with zero attached hydrogens (tertiary/aromatic N) is 1. The van der Waals surface area contributed by atoms with Crippen LogP contribution in [0.5, 0.6) is 0 Å². The number of rotatable bonds is 3. The molecule has 0 radical (unpaired) electrons. The number of aromatic nitrogens is 1. The maximum atomic E-state index is 5.55. The van der Waals surface area contributed by atoms with Gasteiger partial charge in [-0.1, -0.05) is 0 Å². The molecule has 1 fully saturated rings. The molecule has 4 heteroatoms. The average Bonchev–Trinajstić information content (AvgIpc) is 2.82. The summed E-state index contributed by atoms with van der Waals surface area (Å²) < 4.78 is 0. The van der Waals surface area contributed by atoms with Crippen LogP contribution in [0.2, 0.25) is 0 Å². The number of aryl methyl sites for hydroxylation is 2. The summed E-state index contributed by atoms with van der Waals surface area (Å²) in [4.78, 5) is 5.73. The van der Waals surface area contributed by atoms with Crippen LogP contribution in [0.15, 0.2) is 0 Å². The third-order valence-corrected chi connectivity index (χ3v) is 3.65. The summed E-state index contributed by atoms with van der Waals surface area (Å²) in [6, 6.07) is 0.339. The molecule has 1 unspecified atom stereocenters. The first-order valence-electron chi connectivity index (χ1n) is 4.62. The van der Waals surface area contributed by atoms with E-state index in [4.69, 9.17) is 5.84 Å². The number of hydrogen-bond donors (Lipinski definition) is 2. The standard InChI is InChI=1S/C9H15N3S/c1-5-9(13-6(2)11-5)8(12-10)7-3-4-7/h7-8,12H,3-4,10H2,1-2H3. The fourth-order valence-electron chi connectivity index (χ4n) is 1.69. The number of nitrogens with one attached hydrogen (secondary N) is 1. The lowest BCUT2D eigenvalue weighted by molar-refractivity contribution is 0.501. The maximum Gasteiger partial charge on any atom is 0.0900 e. The van der Waals surface area contributed by atoms with Gasteiger partial charge in [-0.05, 0) is 32.6 Å². The first-order chi connectivity index (χ1) is 6.22. The van der Waals surface area contributed by atoms with E-state index in [0.29, 0.717) is 6.04 Å². The van der Waals surface area contributed by atoms with Gasteiger partial charge >= 0.3 is 0 Å². The molecule has 1 saturated carbocycles. The molecule has 1 aromatic heterocycles. The zero-order chi connectivity index (χ0) is 9.42. The molecule has 1 aliphatic rings. The Morgan fingerprint density at radius 3 is 2.62 bits per heavy atom. The van der Waals surface area contributed by atoms with Crippen LogP contribution in [0.4, 0.5) is 0 Å². The molecular weight excluding hydrogens is 182 g/mol. The second-order valence-corrected chi connectivity index (χ2v) is 4.90.